The number of aromatic nitrogens is 3. The molecule has 6 nitrogen and oxygen atoms in total. The Morgan fingerprint density at radius 3 is 2.88 bits per heavy atom. The highest BCUT2D eigenvalue weighted by atomic mass is 32.1. The van der Waals surface area contributed by atoms with E-state index in [1.807, 2.05) is 18.2 Å². The maximum atomic E-state index is 12.7. The molecule has 26 heavy (non-hydrogen) atoms. The average molecular weight is 367 g/mol. The van der Waals surface area contributed by atoms with E-state index in [-0.39, 0.29) is 5.91 Å². The number of amides is 1. The van der Waals surface area contributed by atoms with Crippen LogP contribution in [0.25, 0.3) is 10.2 Å². The number of H-pyrrole nitrogens is 1. The number of hydrogen-bond donors (Lipinski definition) is 2. The summed E-state index contributed by atoms with van der Waals surface area (Å²) >= 11 is 1.70. The van der Waals surface area contributed by atoms with E-state index in [0.717, 1.165) is 71.1 Å². The smallest absolute Gasteiger partial charge is 0.276 e. The molecule has 0 atom stereocenters. The highest BCUT2D eigenvalue weighted by Crippen LogP contribution is 2.32. The van der Waals surface area contributed by atoms with Crippen LogP contribution in [0.2, 0.25) is 0 Å². The lowest BCUT2D eigenvalue weighted by atomic mass is 9.96. The zero-order chi connectivity index (χ0) is 17.5. The van der Waals surface area contributed by atoms with Crippen LogP contribution in [-0.4, -0.2) is 34.2 Å². The second-order valence-corrected chi connectivity index (χ2v) is 8.07. The van der Waals surface area contributed by atoms with Gasteiger partial charge in [0.05, 0.1) is 10.2 Å². The van der Waals surface area contributed by atoms with Crippen molar-refractivity contribution in [2.24, 2.45) is 0 Å². The lowest BCUT2D eigenvalue weighted by Gasteiger charge is -2.11. The Bertz CT molecular complexity index is 970. The van der Waals surface area contributed by atoms with Gasteiger partial charge >= 0.3 is 0 Å². The zero-order valence-corrected chi connectivity index (χ0v) is 15.4. The molecule has 134 valence electrons. The molecule has 1 saturated heterocycles. The molecule has 2 N–H and O–H groups in total. The minimum Gasteiger partial charge on any atom is -0.348 e. The molecule has 0 bridgehead atoms. The molecule has 0 saturated carbocycles. The maximum absolute atomic E-state index is 12.7. The van der Waals surface area contributed by atoms with Crippen LogP contribution >= 0.6 is 11.3 Å². The number of carbonyl (C=O) groups is 1. The molecule has 0 spiro atoms. The summed E-state index contributed by atoms with van der Waals surface area (Å²) in [6.07, 6.45) is 6.69. The van der Waals surface area contributed by atoms with Gasteiger partial charge in [0.2, 0.25) is 0 Å². The molecule has 3 heterocycles. The van der Waals surface area contributed by atoms with Crippen molar-refractivity contribution < 1.29 is 4.79 Å². The number of rotatable bonds is 3. The summed E-state index contributed by atoms with van der Waals surface area (Å²) in [4.78, 5) is 19.8. The molecule has 1 aliphatic heterocycles. The average Bonchev–Trinajstić information content (AvgIpc) is 3.39. The van der Waals surface area contributed by atoms with Crippen molar-refractivity contribution in [1.29, 1.82) is 0 Å². The van der Waals surface area contributed by atoms with E-state index >= 15 is 0 Å². The molecule has 1 aromatic carbocycles. The molecule has 1 amide bonds. The molecule has 2 aromatic heterocycles. The first-order chi connectivity index (χ1) is 12.8. The first-order valence-corrected chi connectivity index (χ1v) is 10.1. The molecule has 1 fully saturated rings. The number of aromatic amines is 1. The van der Waals surface area contributed by atoms with E-state index in [9.17, 15) is 4.79 Å². The summed E-state index contributed by atoms with van der Waals surface area (Å²) < 4.78 is 1.11. The van der Waals surface area contributed by atoms with Gasteiger partial charge in [0.15, 0.2) is 10.8 Å². The number of nitrogens with zero attached hydrogens (tertiary/aromatic N) is 3. The third kappa shape index (κ3) is 2.76. The molecule has 3 aromatic rings. The van der Waals surface area contributed by atoms with Gasteiger partial charge in [-0.2, -0.15) is 5.10 Å². The quantitative estimate of drug-likeness (QED) is 0.739. The van der Waals surface area contributed by atoms with E-state index in [1.165, 1.54) is 12.8 Å². The highest BCUT2D eigenvalue weighted by molar-refractivity contribution is 7.22. The van der Waals surface area contributed by atoms with Crippen LogP contribution < -0.4 is 10.2 Å². The lowest BCUT2D eigenvalue weighted by molar-refractivity contribution is 0.102. The van der Waals surface area contributed by atoms with Crippen molar-refractivity contribution in [3.63, 3.8) is 0 Å². The van der Waals surface area contributed by atoms with Gasteiger partial charge in [-0.25, -0.2) is 4.98 Å². The van der Waals surface area contributed by atoms with Gasteiger partial charge < -0.3 is 10.2 Å². The maximum Gasteiger partial charge on any atom is 0.276 e. The largest absolute Gasteiger partial charge is 0.348 e. The number of anilines is 2. The summed E-state index contributed by atoms with van der Waals surface area (Å²) in [6, 6.07) is 5.93. The van der Waals surface area contributed by atoms with Crippen LogP contribution in [0.1, 0.15) is 47.4 Å². The van der Waals surface area contributed by atoms with Gasteiger partial charge in [0, 0.05) is 30.0 Å². The van der Waals surface area contributed by atoms with E-state index in [1.54, 1.807) is 11.3 Å². The second kappa shape index (κ2) is 6.39. The van der Waals surface area contributed by atoms with E-state index in [4.69, 9.17) is 4.98 Å². The number of hydrogen-bond acceptors (Lipinski definition) is 5. The Morgan fingerprint density at radius 1 is 1.15 bits per heavy atom. The number of aryl methyl sites for hydroxylation is 1. The van der Waals surface area contributed by atoms with Gasteiger partial charge in [-0.1, -0.05) is 11.3 Å². The third-order valence-electron chi connectivity index (χ3n) is 5.28. The van der Waals surface area contributed by atoms with Crippen molar-refractivity contribution in [3.8, 4) is 0 Å². The Morgan fingerprint density at radius 2 is 2.00 bits per heavy atom. The molecular weight excluding hydrogens is 346 g/mol. The summed E-state index contributed by atoms with van der Waals surface area (Å²) in [5.41, 5.74) is 4.54. The van der Waals surface area contributed by atoms with E-state index < -0.39 is 0 Å². The van der Waals surface area contributed by atoms with Crippen molar-refractivity contribution in [2.75, 3.05) is 23.3 Å². The fourth-order valence-electron chi connectivity index (χ4n) is 3.89. The van der Waals surface area contributed by atoms with E-state index in [2.05, 4.69) is 20.4 Å². The topological polar surface area (TPSA) is 73.9 Å². The Kier molecular flexibility index (Phi) is 3.89. The molecular formula is C19H21N5OS. The fraction of sp³-hybridized carbons (Fsp3) is 0.421. The van der Waals surface area contributed by atoms with Gasteiger partial charge in [0.1, 0.15) is 0 Å². The van der Waals surface area contributed by atoms with Gasteiger partial charge in [-0.05, 0) is 56.7 Å². The van der Waals surface area contributed by atoms with Crippen molar-refractivity contribution in [3.05, 3.63) is 35.2 Å². The van der Waals surface area contributed by atoms with Crippen LogP contribution in [-0.2, 0) is 12.8 Å². The zero-order valence-electron chi connectivity index (χ0n) is 14.5. The Hall–Kier alpha value is -2.41. The summed E-state index contributed by atoms with van der Waals surface area (Å²) in [7, 11) is 0. The number of carbonyl (C=O) groups excluding carboxylic acids is 1. The first-order valence-electron chi connectivity index (χ1n) is 9.31. The van der Waals surface area contributed by atoms with Crippen LogP contribution in [0, 0.1) is 0 Å². The Labute approximate surface area is 155 Å². The summed E-state index contributed by atoms with van der Waals surface area (Å²) in [5.74, 6) is -0.131. The third-order valence-corrected chi connectivity index (χ3v) is 6.36. The molecule has 0 radical (unpaired) electrons. The van der Waals surface area contributed by atoms with Crippen molar-refractivity contribution in [2.45, 2.75) is 38.5 Å². The van der Waals surface area contributed by atoms with Crippen LogP contribution in [0.4, 0.5) is 10.8 Å². The second-order valence-electron chi connectivity index (χ2n) is 7.06. The lowest BCUT2D eigenvalue weighted by Crippen LogP contribution is -2.16. The predicted molar refractivity (Wildman–Crippen MR) is 104 cm³/mol. The van der Waals surface area contributed by atoms with Crippen LogP contribution in [0.5, 0.6) is 0 Å². The SMILES string of the molecule is O=C(Nc1ccc2nc(N3CCCC3)sc2c1)c1n[nH]c2c1CCCC2. The minimum absolute atomic E-state index is 0.131. The standard InChI is InChI=1S/C19H21N5OS/c25-18(17-13-5-1-2-6-14(13)22-23-17)20-12-7-8-15-16(11-12)26-19(21-15)24-9-3-4-10-24/h7-8,11H,1-6,9-10H2,(H,20,25)(H,22,23). The Balaban J connectivity index is 1.38. The normalized spacial score (nSPS) is 16.8. The van der Waals surface area contributed by atoms with Gasteiger partial charge in [-0.3, -0.25) is 9.89 Å². The molecule has 1 aliphatic carbocycles. The number of nitrogens with one attached hydrogen (secondary N) is 2. The monoisotopic (exact) mass is 367 g/mol. The van der Waals surface area contributed by atoms with Gasteiger partial charge in [-0.15, -0.1) is 0 Å². The van der Waals surface area contributed by atoms with E-state index in [0.29, 0.717) is 5.69 Å². The molecule has 7 heteroatoms. The number of benzene rings is 1. The van der Waals surface area contributed by atoms with Crippen molar-refractivity contribution in [1.82, 2.24) is 15.2 Å². The first kappa shape index (κ1) is 15.8. The fourth-order valence-corrected chi connectivity index (χ4v) is 4.95. The predicted octanol–water partition coefficient (Wildman–Crippen LogP) is 3.75. The molecule has 0 unspecified atom stereocenters. The summed E-state index contributed by atoms with van der Waals surface area (Å²) in [5, 5.41) is 11.4. The van der Waals surface area contributed by atoms with Crippen LogP contribution in [0.3, 0.4) is 0 Å². The van der Waals surface area contributed by atoms with Crippen LogP contribution in [0.15, 0.2) is 18.2 Å². The molecule has 5 rings (SSSR count). The highest BCUT2D eigenvalue weighted by Gasteiger charge is 2.22. The number of fused-ring (bicyclic) bond motifs is 2. The van der Waals surface area contributed by atoms with Gasteiger partial charge in [0.25, 0.3) is 5.91 Å². The minimum atomic E-state index is -0.131. The molecule has 2 aliphatic rings. The number of thiazole rings is 1. The summed E-state index contributed by atoms with van der Waals surface area (Å²) in [6.45, 7) is 2.18. The van der Waals surface area contributed by atoms with Crippen molar-refractivity contribution >= 4 is 38.3 Å².